The minimum absolute atomic E-state index is 0.311. The summed E-state index contributed by atoms with van der Waals surface area (Å²) in [6.45, 7) is 0. The number of nitrogens with one attached hydrogen (secondary N) is 1. The van der Waals surface area contributed by atoms with E-state index < -0.39 is 23.3 Å². The van der Waals surface area contributed by atoms with Gasteiger partial charge in [0.2, 0.25) is 0 Å². The van der Waals surface area contributed by atoms with Crippen molar-refractivity contribution in [3.63, 3.8) is 0 Å². The molecule has 1 N–H and O–H groups in total. The van der Waals surface area contributed by atoms with Gasteiger partial charge >= 0.3 is 6.36 Å². The molecule has 0 bridgehead atoms. The summed E-state index contributed by atoms with van der Waals surface area (Å²) in [4.78, 5) is 5.96. The highest BCUT2D eigenvalue weighted by molar-refractivity contribution is 7.89. The van der Waals surface area contributed by atoms with Gasteiger partial charge in [0, 0.05) is 4.90 Å². The Kier molecular flexibility index (Phi) is 4.59. The van der Waals surface area contributed by atoms with E-state index >= 15 is 0 Å². The Bertz CT molecular complexity index is 760. The highest BCUT2D eigenvalue weighted by Crippen LogP contribution is 2.29. The molecule has 0 fully saturated rings. The fraction of sp³-hybridized carbons (Fsp3) is 0.125. The van der Waals surface area contributed by atoms with E-state index in [1.165, 1.54) is 24.3 Å². The molecular formula is C16H12F3NO3S. The third-order valence-corrected chi connectivity index (χ3v) is 4.51. The van der Waals surface area contributed by atoms with Gasteiger partial charge in [-0.05, 0) is 35.9 Å². The second-order valence-corrected chi connectivity index (χ2v) is 6.32. The third-order valence-electron chi connectivity index (χ3n) is 3.19. The zero-order chi connectivity index (χ0) is 17.2. The molecule has 4 nitrogen and oxygen atoms in total. The highest BCUT2D eigenvalue weighted by atomic mass is 32.2. The summed E-state index contributed by atoms with van der Waals surface area (Å²) in [7, 11) is -1.42. The summed E-state index contributed by atoms with van der Waals surface area (Å²) in [5, 5.41) is 0.391. The fourth-order valence-corrected chi connectivity index (χ4v) is 3.15. The molecule has 1 unspecified atom stereocenters. The van der Waals surface area contributed by atoms with Crippen LogP contribution < -0.4 is 10.2 Å². The second kappa shape index (κ2) is 6.66. The van der Waals surface area contributed by atoms with Crippen molar-refractivity contribution in [3.8, 4) is 5.75 Å². The molecule has 3 rings (SSSR count). The Morgan fingerprint density at radius 1 is 1.04 bits per heavy atom. The standard InChI is InChI=1S/C16H12F3NO3S/c17-16(18,19)22-12-8-6-11(7-9-12)14-10-15(20-23-14)24(21)13-4-2-1-3-5-13/h1-10,14,20H/t14-,24?/m0/s1. The maximum atomic E-state index is 12.4. The predicted octanol–water partition coefficient (Wildman–Crippen LogP) is 3.81. The average molecular weight is 355 g/mol. The Morgan fingerprint density at radius 2 is 1.71 bits per heavy atom. The molecule has 8 heteroatoms. The van der Waals surface area contributed by atoms with Gasteiger partial charge in [-0.3, -0.25) is 10.3 Å². The van der Waals surface area contributed by atoms with Crippen molar-refractivity contribution < 1.29 is 27.0 Å². The lowest BCUT2D eigenvalue weighted by molar-refractivity contribution is -0.274. The van der Waals surface area contributed by atoms with Crippen LogP contribution in [-0.2, 0) is 15.6 Å². The van der Waals surface area contributed by atoms with E-state index in [2.05, 4.69) is 10.2 Å². The molecule has 126 valence electrons. The van der Waals surface area contributed by atoms with Crippen molar-refractivity contribution in [3.05, 3.63) is 71.3 Å². The summed E-state index contributed by atoms with van der Waals surface area (Å²) in [5.41, 5.74) is 3.21. The van der Waals surface area contributed by atoms with E-state index in [9.17, 15) is 17.4 Å². The Morgan fingerprint density at radius 3 is 2.33 bits per heavy atom. The zero-order valence-corrected chi connectivity index (χ0v) is 12.9. The Balaban J connectivity index is 1.73. The highest BCUT2D eigenvalue weighted by Gasteiger charge is 2.31. The van der Waals surface area contributed by atoms with Gasteiger partial charge < -0.3 is 4.74 Å². The summed E-state index contributed by atoms with van der Waals surface area (Å²) in [5.74, 6) is -0.311. The third kappa shape index (κ3) is 3.95. The van der Waals surface area contributed by atoms with Crippen LogP contribution in [0.3, 0.4) is 0 Å². The van der Waals surface area contributed by atoms with E-state index in [-0.39, 0.29) is 5.75 Å². The largest absolute Gasteiger partial charge is 0.573 e. The molecule has 2 aromatic rings. The van der Waals surface area contributed by atoms with Crippen molar-refractivity contribution in [1.82, 2.24) is 5.48 Å². The molecule has 0 spiro atoms. The van der Waals surface area contributed by atoms with Gasteiger partial charge in [0.1, 0.15) is 27.7 Å². The van der Waals surface area contributed by atoms with Gasteiger partial charge in [-0.2, -0.15) is 0 Å². The Hall–Kier alpha value is -2.32. The fourth-order valence-electron chi connectivity index (χ4n) is 2.12. The van der Waals surface area contributed by atoms with Gasteiger partial charge in [0.05, 0.1) is 0 Å². The first-order valence-corrected chi connectivity index (χ1v) is 8.03. The van der Waals surface area contributed by atoms with Crippen LogP contribution in [-0.4, -0.2) is 10.6 Å². The molecule has 2 aromatic carbocycles. The molecular weight excluding hydrogens is 343 g/mol. The number of alkyl halides is 3. The first kappa shape index (κ1) is 16.5. The number of rotatable bonds is 4. The lowest BCUT2D eigenvalue weighted by Crippen LogP contribution is -2.17. The van der Waals surface area contributed by atoms with Crippen molar-refractivity contribution in [2.24, 2.45) is 0 Å². The van der Waals surface area contributed by atoms with Crippen LogP contribution in [0, 0.1) is 0 Å². The molecule has 0 saturated heterocycles. The molecule has 0 aliphatic carbocycles. The van der Waals surface area contributed by atoms with Gasteiger partial charge in [0.15, 0.2) is 0 Å². The molecule has 1 aliphatic heterocycles. The van der Waals surface area contributed by atoms with E-state index in [1.54, 1.807) is 30.3 Å². The smallest absolute Gasteiger partial charge is 0.406 e. The monoisotopic (exact) mass is 355 g/mol. The zero-order valence-electron chi connectivity index (χ0n) is 12.1. The van der Waals surface area contributed by atoms with E-state index in [0.29, 0.717) is 15.5 Å². The number of hydrogen-bond acceptors (Lipinski definition) is 4. The second-order valence-electron chi connectivity index (χ2n) is 4.87. The molecule has 0 saturated carbocycles. The van der Waals surface area contributed by atoms with Crippen molar-refractivity contribution in [1.29, 1.82) is 0 Å². The number of hydrogen-bond donors (Lipinski definition) is 1. The summed E-state index contributed by atoms with van der Waals surface area (Å²) in [6, 6.07) is 14.2. The van der Waals surface area contributed by atoms with Crippen LogP contribution in [0.25, 0.3) is 0 Å². The maximum absolute atomic E-state index is 12.4. The number of benzene rings is 2. The van der Waals surface area contributed by atoms with Crippen LogP contribution in [0.5, 0.6) is 5.75 Å². The molecule has 0 radical (unpaired) electrons. The Labute approximate surface area is 138 Å². The van der Waals surface area contributed by atoms with E-state index in [1.807, 2.05) is 6.07 Å². The minimum atomic E-state index is -4.73. The minimum Gasteiger partial charge on any atom is -0.406 e. The first-order valence-electron chi connectivity index (χ1n) is 6.88. The lowest BCUT2D eigenvalue weighted by atomic mass is 10.1. The first-order chi connectivity index (χ1) is 11.4. The van der Waals surface area contributed by atoms with Gasteiger partial charge in [-0.25, -0.2) is 4.21 Å². The molecule has 0 aromatic heterocycles. The normalized spacial score (nSPS) is 18.6. The summed E-state index contributed by atoms with van der Waals surface area (Å²) >= 11 is 0. The van der Waals surface area contributed by atoms with Crippen molar-refractivity contribution in [2.45, 2.75) is 17.4 Å². The van der Waals surface area contributed by atoms with Crippen molar-refractivity contribution in [2.75, 3.05) is 0 Å². The number of halogens is 3. The van der Waals surface area contributed by atoms with Gasteiger partial charge in [-0.15, -0.1) is 13.2 Å². The lowest BCUT2D eigenvalue weighted by Gasteiger charge is -2.11. The summed E-state index contributed by atoms with van der Waals surface area (Å²) in [6.07, 6.45) is -3.65. The van der Waals surface area contributed by atoms with Crippen LogP contribution >= 0.6 is 0 Å². The van der Waals surface area contributed by atoms with E-state index in [4.69, 9.17) is 4.84 Å². The molecule has 24 heavy (non-hydrogen) atoms. The van der Waals surface area contributed by atoms with E-state index in [0.717, 1.165) is 0 Å². The number of hydroxylamine groups is 1. The molecule has 2 atom stereocenters. The molecule has 1 heterocycles. The quantitative estimate of drug-likeness (QED) is 0.906. The number of ether oxygens (including phenoxy) is 1. The van der Waals surface area contributed by atoms with Crippen LogP contribution in [0.15, 0.2) is 70.6 Å². The summed E-state index contributed by atoms with van der Waals surface area (Å²) < 4.78 is 52.6. The van der Waals surface area contributed by atoms with Gasteiger partial charge in [-0.1, -0.05) is 30.3 Å². The van der Waals surface area contributed by atoms with Crippen LogP contribution in [0.2, 0.25) is 0 Å². The van der Waals surface area contributed by atoms with Crippen LogP contribution in [0.4, 0.5) is 13.2 Å². The molecule has 1 aliphatic rings. The molecule has 0 amide bonds. The maximum Gasteiger partial charge on any atom is 0.573 e. The SMILES string of the molecule is O=S(C1=C[C@@H](c2ccc(OC(F)(F)F)cc2)ON1)c1ccccc1. The average Bonchev–Trinajstić information content (AvgIpc) is 3.04. The van der Waals surface area contributed by atoms with Gasteiger partial charge in [0.25, 0.3) is 0 Å². The predicted molar refractivity (Wildman–Crippen MR) is 81.0 cm³/mol. The topological polar surface area (TPSA) is 47.6 Å². The van der Waals surface area contributed by atoms with Crippen molar-refractivity contribution >= 4 is 10.8 Å². The van der Waals surface area contributed by atoms with Crippen LogP contribution in [0.1, 0.15) is 11.7 Å².